The van der Waals surface area contributed by atoms with Crippen LogP contribution >= 0.6 is 11.6 Å². The number of hydrogen-bond donors (Lipinski definition) is 1. The molecule has 140 valence electrons. The van der Waals surface area contributed by atoms with Crippen molar-refractivity contribution in [3.05, 3.63) is 41.4 Å². The van der Waals surface area contributed by atoms with Gasteiger partial charge in [-0.2, -0.15) is 0 Å². The smallest absolute Gasteiger partial charge is 0.233 e. The summed E-state index contributed by atoms with van der Waals surface area (Å²) in [6.45, 7) is 0.625. The Balaban J connectivity index is 1.36. The number of nitrogens with zero attached hydrogens (tertiary/aromatic N) is 1. The van der Waals surface area contributed by atoms with Crippen LogP contribution in [0.5, 0.6) is 5.75 Å². The quantitative estimate of drug-likeness (QED) is 0.425. The average Bonchev–Trinajstić information content (AvgIpc) is 2.88. The normalized spacial score (nSPS) is 23.2. The summed E-state index contributed by atoms with van der Waals surface area (Å²) in [5.41, 5.74) is 0. The largest absolute Gasteiger partial charge is 0.491 e. The van der Waals surface area contributed by atoms with Crippen molar-refractivity contribution in [3.63, 3.8) is 0 Å². The van der Waals surface area contributed by atoms with E-state index >= 15 is 0 Å². The van der Waals surface area contributed by atoms with E-state index in [1.165, 1.54) is 4.90 Å². The molecule has 2 amide bonds. The van der Waals surface area contributed by atoms with Gasteiger partial charge in [-0.3, -0.25) is 14.5 Å². The van der Waals surface area contributed by atoms with Crippen molar-refractivity contribution >= 4 is 23.4 Å². The fraction of sp³-hybridized carbons (Fsp3) is 0.474. The maximum Gasteiger partial charge on any atom is 0.233 e. The highest BCUT2D eigenvalue weighted by Gasteiger charge is 2.47. The Hall–Kier alpha value is -1.89. The Bertz CT molecular complexity index is 649. The number of likely N-dealkylation sites (tertiary alicyclic amines) is 1. The number of benzene rings is 1. The molecule has 0 saturated carbocycles. The number of ether oxygens (including phenoxy) is 2. The molecule has 1 saturated heterocycles. The highest BCUT2D eigenvalue weighted by Crippen LogP contribution is 2.35. The Morgan fingerprint density at radius 2 is 1.69 bits per heavy atom. The van der Waals surface area contributed by atoms with E-state index in [0.717, 1.165) is 0 Å². The third kappa shape index (κ3) is 4.44. The molecule has 7 heteroatoms. The molecule has 3 atom stereocenters. The van der Waals surface area contributed by atoms with Gasteiger partial charge in [-0.1, -0.05) is 23.8 Å². The molecule has 1 aliphatic heterocycles. The number of allylic oxidation sites excluding steroid dienone is 2. The molecule has 0 spiro atoms. The van der Waals surface area contributed by atoms with Crippen molar-refractivity contribution in [2.45, 2.75) is 18.9 Å². The molecular formula is C19H22ClNO5. The van der Waals surface area contributed by atoms with Crippen molar-refractivity contribution in [1.29, 1.82) is 0 Å². The zero-order valence-corrected chi connectivity index (χ0v) is 15.1. The van der Waals surface area contributed by atoms with Crippen LogP contribution in [0.3, 0.4) is 0 Å². The summed E-state index contributed by atoms with van der Waals surface area (Å²) in [6.07, 6.45) is 4.17. The molecule has 2 aliphatic rings. The van der Waals surface area contributed by atoms with Crippen LogP contribution in [0.1, 0.15) is 12.8 Å². The molecule has 1 aromatic rings. The fourth-order valence-corrected chi connectivity index (χ4v) is 3.41. The third-order valence-electron chi connectivity index (χ3n) is 4.61. The van der Waals surface area contributed by atoms with Gasteiger partial charge in [0.25, 0.3) is 0 Å². The average molecular weight is 380 g/mol. The van der Waals surface area contributed by atoms with E-state index in [0.29, 0.717) is 30.2 Å². The lowest BCUT2D eigenvalue weighted by molar-refractivity contribution is -0.142. The van der Waals surface area contributed by atoms with Crippen LogP contribution in [0.4, 0.5) is 0 Å². The van der Waals surface area contributed by atoms with Crippen molar-refractivity contribution < 1.29 is 24.2 Å². The number of carbonyl (C=O) groups excluding carboxylic acids is 2. The maximum atomic E-state index is 12.3. The molecule has 3 rings (SSSR count). The van der Waals surface area contributed by atoms with Crippen LogP contribution in [0.15, 0.2) is 36.4 Å². The molecule has 1 fully saturated rings. The van der Waals surface area contributed by atoms with Gasteiger partial charge in [0.2, 0.25) is 11.8 Å². The number of aliphatic hydroxyl groups is 1. The lowest BCUT2D eigenvalue weighted by Gasteiger charge is -2.19. The molecular weight excluding hydrogens is 358 g/mol. The second-order valence-corrected chi connectivity index (χ2v) is 6.91. The van der Waals surface area contributed by atoms with Crippen molar-refractivity contribution in [1.82, 2.24) is 4.90 Å². The van der Waals surface area contributed by atoms with Gasteiger partial charge < -0.3 is 14.6 Å². The van der Waals surface area contributed by atoms with E-state index in [4.69, 9.17) is 21.1 Å². The van der Waals surface area contributed by atoms with Crippen LogP contribution in [0.2, 0.25) is 5.02 Å². The number of imide groups is 1. The fourth-order valence-electron chi connectivity index (χ4n) is 3.28. The second-order valence-electron chi connectivity index (χ2n) is 6.47. The van der Waals surface area contributed by atoms with Gasteiger partial charge in [-0.05, 0) is 37.1 Å². The molecule has 0 bridgehead atoms. The van der Waals surface area contributed by atoms with Crippen molar-refractivity contribution in [2.24, 2.45) is 11.8 Å². The molecule has 1 heterocycles. The van der Waals surface area contributed by atoms with Gasteiger partial charge in [0.1, 0.15) is 12.4 Å². The molecule has 0 radical (unpaired) electrons. The number of fused-ring (bicyclic) bond motifs is 1. The van der Waals surface area contributed by atoms with Crippen LogP contribution in [-0.4, -0.2) is 54.3 Å². The zero-order valence-electron chi connectivity index (χ0n) is 14.3. The molecule has 0 unspecified atom stereocenters. The van der Waals surface area contributed by atoms with E-state index in [2.05, 4.69) is 0 Å². The lowest BCUT2D eigenvalue weighted by Crippen LogP contribution is -2.39. The Labute approximate surface area is 157 Å². The van der Waals surface area contributed by atoms with Crippen LogP contribution in [0.25, 0.3) is 0 Å². The van der Waals surface area contributed by atoms with Crippen LogP contribution in [-0.2, 0) is 14.3 Å². The topological polar surface area (TPSA) is 76.1 Å². The summed E-state index contributed by atoms with van der Waals surface area (Å²) < 4.78 is 10.9. The molecule has 1 N–H and O–H groups in total. The Morgan fingerprint density at radius 1 is 1.08 bits per heavy atom. The number of carbonyl (C=O) groups is 2. The first-order valence-electron chi connectivity index (χ1n) is 8.70. The number of aliphatic hydroxyl groups excluding tert-OH is 1. The van der Waals surface area contributed by atoms with Crippen molar-refractivity contribution in [3.8, 4) is 5.75 Å². The predicted molar refractivity (Wildman–Crippen MR) is 95.8 cm³/mol. The summed E-state index contributed by atoms with van der Waals surface area (Å²) in [6, 6.07) is 6.99. The Kier molecular flexibility index (Phi) is 6.29. The van der Waals surface area contributed by atoms with E-state index in [1.54, 1.807) is 24.3 Å². The minimum absolute atomic E-state index is 0.0251. The first kappa shape index (κ1) is 18.9. The van der Waals surface area contributed by atoms with Crippen LogP contribution in [0, 0.1) is 11.8 Å². The second kappa shape index (κ2) is 8.66. The highest BCUT2D eigenvalue weighted by atomic mass is 35.5. The summed E-state index contributed by atoms with van der Waals surface area (Å²) in [5, 5.41) is 10.7. The number of rotatable bonds is 8. The van der Waals surface area contributed by atoms with E-state index in [-0.39, 0.29) is 43.4 Å². The summed E-state index contributed by atoms with van der Waals surface area (Å²) in [5.74, 6) is -0.228. The van der Waals surface area contributed by atoms with Crippen LogP contribution < -0.4 is 4.74 Å². The maximum absolute atomic E-state index is 12.3. The number of hydrogen-bond acceptors (Lipinski definition) is 5. The van der Waals surface area contributed by atoms with E-state index < -0.39 is 6.10 Å². The van der Waals surface area contributed by atoms with Crippen molar-refractivity contribution in [2.75, 3.05) is 26.4 Å². The number of halogens is 1. The lowest BCUT2D eigenvalue weighted by atomic mass is 9.85. The highest BCUT2D eigenvalue weighted by molar-refractivity contribution is 6.30. The molecule has 0 aromatic heterocycles. The summed E-state index contributed by atoms with van der Waals surface area (Å²) in [7, 11) is 0. The van der Waals surface area contributed by atoms with Gasteiger partial charge in [0.15, 0.2) is 0 Å². The standard InChI is InChI=1S/C19H22ClNO5/c20-13-5-7-15(8-6-13)26-10-9-25-12-14(22)11-21-18(23)16-3-1-2-4-17(16)19(21)24/h1-2,5-8,14,16-17,22H,3-4,9-12H2/t14-,16-,17-/m0/s1. The zero-order chi connectivity index (χ0) is 18.5. The third-order valence-corrected chi connectivity index (χ3v) is 4.86. The SMILES string of the molecule is O=C1[C@H]2CC=CC[C@@H]2C(=O)N1C[C@H](O)COCCOc1ccc(Cl)cc1. The summed E-state index contributed by atoms with van der Waals surface area (Å²) >= 11 is 5.80. The monoisotopic (exact) mass is 379 g/mol. The van der Waals surface area contributed by atoms with E-state index in [1.807, 2.05) is 12.2 Å². The van der Waals surface area contributed by atoms with Gasteiger partial charge >= 0.3 is 0 Å². The van der Waals surface area contributed by atoms with Gasteiger partial charge in [-0.15, -0.1) is 0 Å². The molecule has 6 nitrogen and oxygen atoms in total. The van der Waals surface area contributed by atoms with Gasteiger partial charge in [-0.25, -0.2) is 0 Å². The minimum Gasteiger partial charge on any atom is -0.491 e. The first-order valence-corrected chi connectivity index (χ1v) is 9.08. The summed E-state index contributed by atoms with van der Waals surface area (Å²) in [4.78, 5) is 25.8. The van der Waals surface area contributed by atoms with Gasteiger partial charge in [0, 0.05) is 5.02 Å². The molecule has 1 aromatic carbocycles. The number of β-amino-alcohol motifs (C(OH)–C–C–N with tert-alkyl or cyclic N) is 1. The first-order chi connectivity index (χ1) is 12.6. The minimum atomic E-state index is -0.911. The van der Waals surface area contributed by atoms with E-state index in [9.17, 15) is 14.7 Å². The molecule has 1 aliphatic carbocycles. The molecule has 26 heavy (non-hydrogen) atoms. The Morgan fingerprint density at radius 3 is 2.31 bits per heavy atom. The number of amides is 2. The van der Waals surface area contributed by atoms with Gasteiger partial charge in [0.05, 0.1) is 37.7 Å². The predicted octanol–water partition coefficient (Wildman–Crippen LogP) is 2.05.